The molecule has 6 heteroatoms. The molecule has 0 amide bonds. The van der Waals surface area contributed by atoms with Gasteiger partial charge in [0.2, 0.25) is 0 Å². The Kier molecular flexibility index (Phi) is 57.7. The molecule has 0 aliphatic carbocycles. The maximum Gasteiger partial charge on any atom is 0.306 e. The lowest BCUT2D eigenvalue weighted by molar-refractivity contribution is -0.167. The molecule has 0 aromatic heterocycles. The molecule has 0 heterocycles. The minimum Gasteiger partial charge on any atom is -0.462 e. The third kappa shape index (κ3) is 56.8. The zero-order chi connectivity index (χ0) is 50.7. The Balaban J connectivity index is 4.28. The van der Waals surface area contributed by atoms with Crippen molar-refractivity contribution >= 4 is 17.9 Å². The molecule has 0 rings (SSSR count). The van der Waals surface area contributed by atoms with E-state index in [2.05, 4.69) is 45.1 Å². The number of rotatable bonds is 58. The highest BCUT2D eigenvalue weighted by Gasteiger charge is 2.19. The number of hydrogen-bond donors (Lipinski definition) is 0. The molecule has 70 heavy (non-hydrogen) atoms. The molecule has 0 radical (unpaired) electrons. The van der Waals surface area contributed by atoms with Crippen LogP contribution in [0.3, 0.4) is 0 Å². The number of allylic oxidation sites excluding steroid dienone is 4. The van der Waals surface area contributed by atoms with Crippen molar-refractivity contribution in [1.82, 2.24) is 0 Å². The van der Waals surface area contributed by atoms with Gasteiger partial charge in [0.1, 0.15) is 13.2 Å². The topological polar surface area (TPSA) is 78.9 Å². The predicted octanol–water partition coefficient (Wildman–Crippen LogP) is 21.1. The molecular formula is C64H120O6. The van der Waals surface area contributed by atoms with Gasteiger partial charge in [-0.3, -0.25) is 14.4 Å². The van der Waals surface area contributed by atoms with Crippen molar-refractivity contribution in [2.24, 2.45) is 0 Å². The van der Waals surface area contributed by atoms with Crippen LogP contribution in [0, 0.1) is 0 Å². The Bertz CT molecular complexity index is 1130. The van der Waals surface area contributed by atoms with Crippen LogP contribution in [-0.2, 0) is 28.6 Å². The first-order chi connectivity index (χ1) is 34.5. The van der Waals surface area contributed by atoms with Gasteiger partial charge in [-0.05, 0) is 44.9 Å². The Morgan fingerprint density at radius 2 is 0.529 bits per heavy atom. The standard InChI is InChI=1S/C64H120O6/c1-4-7-10-13-16-19-22-25-28-30-31-32-33-35-36-39-42-45-48-51-54-57-63(66)69-60-61(59-68-62(65)56-53-50-47-44-41-38-27-24-21-18-15-12-9-6-3)70-64(67)58-55-52-49-46-43-40-37-34-29-26-23-20-17-14-11-8-5-2/h15,18,24,27,61H,4-14,16-17,19-23,25-26,28-60H2,1-3H3/b18-15-,27-24-. The molecule has 412 valence electrons. The van der Waals surface area contributed by atoms with E-state index >= 15 is 0 Å². The summed E-state index contributed by atoms with van der Waals surface area (Å²) >= 11 is 0. The third-order valence-corrected chi connectivity index (χ3v) is 14.2. The molecule has 0 aromatic carbocycles. The summed E-state index contributed by atoms with van der Waals surface area (Å²) in [7, 11) is 0. The molecule has 0 saturated heterocycles. The average Bonchev–Trinajstić information content (AvgIpc) is 3.36. The molecule has 6 nitrogen and oxygen atoms in total. The van der Waals surface area contributed by atoms with E-state index in [0.717, 1.165) is 77.0 Å². The normalized spacial score (nSPS) is 12.1. The van der Waals surface area contributed by atoms with Crippen LogP contribution in [0.1, 0.15) is 348 Å². The van der Waals surface area contributed by atoms with Crippen molar-refractivity contribution in [1.29, 1.82) is 0 Å². The molecule has 1 atom stereocenters. The van der Waals surface area contributed by atoms with E-state index in [-0.39, 0.29) is 31.1 Å². The molecule has 0 N–H and O–H groups in total. The van der Waals surface area contributed by atoms with Crippen LogP contribution in [0.4, 0.5) is 0 Å². The number of ether oxygens (including phenoxy) is 3. The van der Waals surface area contributed by atoms with Gasteiger partial charge in [-0.2, -0.15) is 0 Å². The van der Waals surface area contributed by atoms with Gasteiger partial charge >= 0.3 is 17.9 Å². The molecule has 0 aliphatic heterocycles. The van der Waals surface area contributed by atoms with Crippen molar-refractivity contribution in [3.8, 4) is 0 Å². The lowest BCUT2D eigenvalue weighted by Crippen LogP contribution is -2.30. The zero-order valence-corrected chi connectivity index (χ0v) is 47.3. The summed E-state index contributed by atoms with van der Waals surface area (Å²) in [4.78, 5) is 38.2. The summed E-state index contributed by atoms with van der Waals surface area (Å²) in [6, 6.07) is 0. The van der Waals surface area contributed by atoms with Crippen LogP contribution in [-0.4, -0.2) is 37.2 Å². The Labute approximate surface area is 436 Å². The molecule has 0 fully saturated rings. The highest BCUT2D eigenvalue weighted by molar-refractivity contribution is 5.71. The summed E-state index contributed by atoms with van der Waals surface area (Å²) in [5.41, 5.74) is 0. The quantitative estimate of drug-likeness (QED) is 0.0261. The van der Waals surface area contributed by atoms with Crippen LogP contribution in [0.2, 0.25) is 0 Å². The number of hydrogen-bond acceptors (Lipinski definition) is 6. The van der Waals surface area contributed by atoms with Gasteiger partial charge in [-0.25, -0.2) is 0 Å². The lowest BCUT2D eigenvalue weighted by atomic mass is 10.0. The van der Waals surface area contributed by atoms with Crippen LogP contribution in [0.15, 0.2) is 24.3 Å². The SMILES string of the molecule is CCCC/C=C\C/C=C\CCCCCCCC(=O)OCC(COC(=O)CCCCCCCCCCCCCCCCCCCCCCC)OC(=O)CCCCCCCCCCCCCCCCCCC. The maximum atomic E-state index is 12.9. The maximum absolute atomic E-state index is 12.9. The van der Waals surface area contributed by atoms with Gasteiger partial charge in [0, 0.05) is 19.3 Å². The van der Waals surface area contributed by atoms with Gasteiger partial charge in [0.05, 0.1) is 0 Å². The number of unbranched alkanes of at least 4 members (excludes halogenated alkanes) is 43. The minimum absolute atomic E-state index is 0.0697. The molecule has 0 saturated carbocycles. The van der Waals surface area contributed by atoms with E-state index < -0.39 is 6.10 Å². The average molecular weight is 986 g/mol. The molecule has 0 spiro atoms. The van der Waals surface area contributed by atoms with Gasteiger partial charge in [0.25, 0.3) is 0 Å². The zero-order valence-electron chi connectivity index (χ0n) is 47.3. The lowest BCUT2D eigenvalue weighted by Gasteiger charge is -2.18. The van der Waals surface area contributed by atoms with E-state index in [4.69, 9.17) is 14.2 Å². The Morgan fingerprint density at radius 1 is 0.286 bits per heavy atom. The predicted molar refractivity (Wildman–Crippen MR) is 303 cm³/mol. The van der Waals surface area contributed by atoms with Crippen molar-refractivity contribution in [2.45, 2.75) is 354 Å². The fourth-order valence-electron chi connectivity index (χ4n) is 9.46. The third-order valence-electron chi connectivity index (χ3n) is 14.2. The summed E-state index contributed by atoms with van der Waals surface area (Å²) in [5.74, 6) is -0.858. The first-order valence-electron chi connectivity index (χ1n) is 31.3. The van der Waals surface area contributed by atoms with E-state index in [1.165, 1.54) is 231 Å². The highest BCUT2D eigenvalue weighted by Crippen LogP contribution is 2.18. The fraction of sp³-hybridized carbons (Fsp3) is 0.891. The summed E-state index contributed by atoms with van der Waals surface area (Å²) < 4.78 is 16.9. The molecular weight excluding hydrogens is 865 g/mol. The van der Waals surface area contributed by atoms with Crippen LogP contribution in [0.5, 0.6) is 0 Å². The summed E-state index contributed by atoms with van der Waals surface area (Å²) in [5, 5.41) is 0. The van der Waals surface area contributed by atoms with Crippen molar-refractivity contribution in [3.05, 3.63) is 24.3 Å². The Hall–Kier alpha value is -2.11. The fourth-order valence-corrected chi connectivity index (χ4v) is 9.46. The number of esters is 3. The van der Waals surface area contributed by atoms with E-state index in [1.54, 1.807) is 0 Å². The first kappa shape index (κ1) is 67.9. The second-order valence-electron chi connectivity index (χ2n) is 21.3. The number of carbonyl (C=O) groups is 3. The minimum atomic E-state index is -0.772. The van der Waals surface area contributed by atoms with Crippen LogP contribution < -0.4 is 0 Å². The molecule has 0 aromatic rings. The number of carbonyl (C=O) groups excluding carboxylic acids is 3. The van der Waals surface area contributed by atoms with Crippen molar-refractivity contribution in [3.63, 3.8) is 0 Å². The van der Waals surface area contributed by atoms with Crippen molar-refractivity contribution < 1.29 is 28.6 Å². The largest absolute Gasteiger partial charge is 0.462 e. The molecule has 1 unspecified atom stereocenters. The monoisotopic (exact) mass is 985 g/mol. The van der Waals surface area contributed by atoms with Gasteiger partial charge in [-0.15, -0.1) is 0 Å². The van der Waals surface area contributed by atoms with E-state index in [0.29, 0.717) is 19.3 Å². The van der Waals surface area contributed by atoms with E-state index in [1.807, 2.05) is 0 Å². The van der Waals surface area contributed by atoms with Gasteiger partial charge in [-0.1, -0.05) is 308 Å². The first-order valence-corrected chi connectivity index (χ1v) is 31.3. The van der Waals surface area contributed by atoms with Crippen LogP contribution in [0.25, 0.3) is 0 Å². The van der Waals surface area contributed by atoms with Crippen LogP contribution >= 0.6 is 0 Å². The van der Waals surface area contributed by atoms with Crippen molar-refractivity contribution in [2.75, 3.05) is 13.2 Å². The Morgan fingerprint density at radius 3 is 0.829 bits per heavy atom. The summed E-state index contributed by atoms with van der Waals surface area (Å²) in [6.07, 6.45) is 70.4. The van der Waals surface area contributed by atoms with Gasteiger partial charge in [0.15, 0.2) is 6.10 Å². The van der Waals surface area contributed by atoms with E-state index in [9.17, 15) is 14.4 Å². The smallest absolute Gasteiger partial charge is 0.306 e. The second kappa shape index (κ2) is 59.5. The highest BCUT2D eigenvalue weighted by atomic mass is 16.6. The summed E-state index contributed by atoms with van der Waals surface area (Å²) in [6.45, 7) is 6.66. The molecule has 0 aliphatic rings. The molecule has 0 bridgehead atoms. The van der Waals surface area contributed by atoms with Gasteiger partial charge < -0.3 is 14.2 Å². The second-order valence-corrected chi connectivity index (χ2v) is 21.3.